The highest BCUT2D eigenvalue weighted by atomic mass is 16.2. The quantitative estimate of drug-likeness (QED) is 0.862. The predicted molar refractivity (Wildman–Crippen MR) is 79.7 cm³/mol. The van der Waals surface area contributed by atoms with Crippen molar-refractivity contribution in [2.45, 2.75) is 52.0 Å². The molecule has 1 aliphatic carbocycles. The minimum absolute atomic E-state index is 0.0110. The Labute approximate surface area is 116 Å². The molecule has 1 saturated carbocycles. The van der Waals surface area contributed by atoms with Crippen LogP contribution in [0.25, 0.3) is 0 Å². The van der Waals surface area contributed by atoms with Gasteiger partial charge in [-0.05, 0) is 49.9 Å². The summed E-state index contributed by atoms with van der Waals surface area (Å²) in [6, 6.07) is 6.59. The number of carbonyl (C=O) groups is 1. The summed E-state index contributed by atoms with van der Waals surface area (Å²) < 4.78 is 0. The van der Waals surface area contributed by atoms with E-state index in [0.717, 1.165) is 18.5 Å². The number of hydrogen-bond acceptors (Lipinski definition) is 1. The first-order valence-electron chi connectivity index (χ1n) is 7.19. The Morgan fingerprint density at radius 2 is 1.68 bits per heavy atom. The van der Waals surface area contributed by atoms with Crippen molar-refractivity contribution in [3.8, 4) is 0 Å². The molecule has 0 aliphatic heterocycles. The lowest BCUT2D eigenvalue weighted by Crippen LogP contribution is -2.44. The van der Waals surface area contributed by atoms with Crippen molar-refractivity contribution in [2.24, 2.45) is 0 Å². The van der Waals surface area contributed by atoms with E-state index in [4.69, 9.17) is 0 Å². The van der Waals surface area contributed by atoms with E-state index in [-0.39, 0.29) is 6.03 Å². The van der Waals surface area contributed by atoms with Gasteiger partial charge in [0.2, 0.25) is 0 Å². The predicted octanol–water partition coefficient (Wildman–Crippen LogP) is 3.78. The molecular formula is C16H24N2O. The monoisotopic (exact) mass is 260 g/mol. The molecule has 1 aliphatic rings. The van der Waals surface area contributed by atoms with Crippen LogP contribution in [-0.4, -0.2) is 19.1 Å². The number of rotatable bonds is 2. The third-order valence-corrected chi connectivity index (χ3v) is 3.83. The van der Waals surface area contributed by atoms with Crippen LogP contribution in [0.15, 0.2) is 18.2 Å². The summed E-state index contributed by atoms with van der Waals surface area (Å²) in [4.78, 5) is 14.0. The number of urea groups is 1. The normalized spacial score (nSPS) is 16.2. The fourth-order valence-electron chi connectivity index (χ4n) is 2.78. The van der Waals surface area contributed by atoms with Crippen molar-refractivity contribution in [1.82, 2.24) is 5.32 Å². The van der Waals surface area contributed by atoms with Crippen molar-refractivity contribution in [1.29, 1.82) is 0 Å². The summed E-state index contributed by atoms with van der Waals surface area (Å²) in [6.45, 7) is 4.12. The van der Waals surface area contributed by atoms with E-state index in [0.29, 0.717) is 6.04 Å². The molecule has 19 heavy (non-hydrogen) atoms. The Balaban J connectivity index is 2.01. The highest BCUT2D eigenvalue weighted by molar-refractivity contribution is 5.91. The molecule has 0 heterocycles. The van der Waals surface area contributed by atoms with Gasteiger partial charge >= 0.3 is 6.03 Å². The van der Waals surface area contributed by atoms with Crippen LogP contribution in [0.4, 0.5) is 10.5 Å². The number of anilines is 1. The number of carbonyl (C=O) groups excluding carboxylic acids is 1. The van der Waals surface area contributed by atoms with Gasteiger partial charge in [0.15, 0.2) is 0 Å². The largest absolute Gasteiger partial charge is 0.335 e. The first-order chi connectivity index (χ1) is 9.06. The van der Waals surface area contributed by atoms with Crippen molar-refractivity contribution in [2.75, 3.05) is 11.9 Å². The summed E-state index contributed by atoms with van der Waals surface area (Å²) in [6.07, 6.45) is 6.01. The number of benzene rings is 1. The Morgan fingerprint density at radius 1 is 1.11 bits per heavy atom. The molecule has 1 N–H and O–H groups in total. The summed E-state index contributed by atoms with van der Waals surface area (Å²) >= 11 is 0. The van der Waals surface area contributed by atoms with Crippen molar-refractivity contribution in [3.05, 3.63) is 29.3 Å². The van der Waals surface area contributed by atoms with Crippen molar-refractivity contribution in [3.63, 3.8) is 0 Å². The molecule has 0 aromatic heterocycles. The topological polar surface area (TPSA) is 32.3 Å². The zero-order valence-corrected chi connectivity index (χ0v) is 12.2. The van der Waals surface area contributed by atoms with Crippen LogP contribution < -0.4 is 10.2 Å². The van der Waals surface area contributed by atoms with Crippen molar-refractivity contribution < 1.29 is 4.79 Å². The molecule has 0 atom stereocenters. The molecule has 1 fully saturated rings. The molecule has 1 aromatic carbocycles. The van der Waals surface area contributed by atoms with Gasteiger partial charge in [0.1, 0.15) is 0 Å². The second-order valence-corrected chi connectivity index (χ2v) is 5.69. The third-order valence-electron chi connectivity index (χ3n) is 3.83. The van der Waals surface area contributed by atoms with Gasteiger partial charge in [0.05, 0.1) is 0 Å². The fourth-order valence-corrected chi connectivity index (χ4v) is 2.78. The number of aryl methyl sites for hydroxylation is 2. The van der Waals surface area contributed by atoms with Crippen LogP contribution in [0.5, 0.6) is 0 Å². The van der Waals surface area contributed by atoms with Gasteiger partial charge in [-0.1, -0.05) is 25.3 Å². The highest BCUT2D eigenvalue weighted by Crippen LogP contribution is 2.20. The average molecular weight is 260 g/mol. The number of nitrogens with one attached hydrogen (secondary N) is 1. The van der Waals surface area contributed by atoms with E-state index in [1.807, 2.05) is 19.2 Å². The minimum atomic E-state index is 0.0110. The highest BCUT2D eigenvalue weighted by Gasteiger charge is 2.18. The van der Waals surface area contributed by atoms with E-state index in [2.05, 4.69) is 25.2 Å². The molecule has 0 unspecified atom stereocenters. The third kappa shape index (κ3) is 3.72. The summed E-state index contributed by atoms with van der Waals surface area (Å²) in [5.41, 5.74) is 3.34. The van der Waals surface area contributed by atoms with Gasteiger partial charge in [-0.3, -0.25) is 4.90 Å². The van der Waals surface area contributed by atoms with Crippen LogP contribution in [-0.2, 0) is 0 Å². The molecule has 2 rings (SSSR count). The lowest BCUT2D eigenvalue weighted by Gasteiger charge is -2.26. The van der Waals surface area contributed by atoms with E-state index in [1.165, 1.54) is 30.4 Å². The van der Waals surface area contributed by atoms with Gasteiger partial charge in [0, 0.05) is 18.8 Å². The van der Waals surface area contributed by atoms with Gasteiger partial charge in [-0.25, -0.2) is 4.79 Å². The van der Waals surface area contributed by atoms with Gasteiger partial charge in [0.25, 0.3) is 0 Å². The van der Waals surface area contributed by atoms with Crippen molar-refractivity contribution >= 4 is 11.7 Å². The van der Waals surface area contributed by atoms with Crippen LogP contribution in [0.1, 0.15) is 43.2 Å². The molecule has 0 spiro atoms. The SMILES string of the molecule is Cc1cc(C)cc(N(C)C(=O)NC2CCCCC2)c1. The Kier molecular flexibility index (Phi) is 4.46. The van der Waals surface area contributed by atoms with E-state index in [1.54, 1.807) is 4.90 Å². The summed E-state index contributed by atoms with van der Waals surface area (Å²) in [5, 5.41) is 3.14. The molecule has 2 amide bonds. The Bertz CT molecular complexity index is 430. The van der Waals surface area contributed by atoms with E-state index >= 15 is 0 Å². The second-order valence-electron chi connectivity index (χ2n) is 5.69. The fraction of sp³-hybridized carbons (Fsp3) is 0.562. The molecule has 0 radical (unpaired) electrons. The number of hydrogen-bond donors (Lipinski definition) is 1. The van der Waals surface area contributed by atoms with Crippen LogP contribution >= 0.6 is 0 Å². The molecule has 0 saturated heterocycles. The maximum Gasteiger partial charge on any atom is 0.321 e. The minimum Gasteiger partial charge on any atom is -0.335 e. The molecule has 3 heteroatoms. The maximum absolute atomic E-state index is 12.2. The van der Waals surface area contributed by atoms with Gasteiger partial charge in [-0.2, -0.15) is 0 Å². The van der Waals surface area contributed by atoms with Crippen LogP contribution in [0.2, 0.25) is 0 Å². The van der Waals surface area contributed by atoms with Crippen LogP contribution in [0, 0.1) is 13.8 Å². The van der Waals surface area contributed by atoms with Gasteiger partial charge in [-0.15, -0.1) is 0 Å². The second kappa shape index (κ2) is 6.09. The molecule has 3 nitrogen and oxygen atoms in total. The lowest BCUT2D eigenvalue weighted by atomic mass is 9.96. The molecular weight excluding hydrogens is 236 g/mol. The summed E-state index contributed by atoms with van der Waals surface area (Å²) in [7, 11) is 1.84. The first-order valence-corrected chi connectivity index (χ1v) is 7.19. The Morgan fingerprint density at radius 3 is 2.26 bits per heavy atom. The molecule has 0 bridgehead atoms. The standard InChI is InChI=1S/C16H24N2O/c1-12-9-13(2)11-15(10-12)18(3)16(19)17-14-7-5-4-6-8-14/h9-11,14H,4-8H2,1-3H3,(H,17,19). The number of amides is 2. The maximum atomic E-state index is 12.2. The summed E-state index contributed by atoms with van der Waals surface area (Å²) in [5.74, 6) is 0. The van der Waals surface area contributed by atoms with E-state index in [9.17, 15) is 4.79 Å². The smallest absolute Gasteiger partial charge is 0.321 e. The lowest BCUT2D eigenvalue weighted by molar-refractivity contribution is 0.239. The molecule has 104 valence electrons. The Hall–Kier alpha value is -1.51. The number of nitrogens with zero attached hydrogens (tertiary/aromatic N) is 1. The first kappa shape index (κ1) is 13.9. The van der Waals surface area contributed by atoms with Crippen LogP contribution in [0.3, 0.4) is 0 Å². The zero-order valence-electron chi connectivity index (χ0n) is 12.2. The van der Waals surface area contributed by atoms with E-state index < -0.39 is 0 Å². The van der Waals surface area contributed by atoms with Gasteiger partial charge < -0.3 is 5.32 Å². The molecule has 1 aromatic rings. The zero-order chi connectivity index (χ0) is 13.8. The average Bonchev–Trinajstić information content (AvgIpc) is 2.37.